The minimum Gasteiger partial charge on any atom is -0.319 e. The van der Waals surface area contributed by atoms with Crippen molar-refractivity contribution in [1.82, 2.24) is 29.3 Å². The molecule has 0 aliphatic rings. The molecule has 32 heavy (non-hydrogen) atoms. The van der Waals surface area contributed by atoms with Crippen molar-refractivity contribution in [2.75, 3.05) is 5.32 Å². The van der Waals surface area contributed by atoms with Crippen LogP contribution in [0.3, 0.4) is 0 Å². The lowest BCUT2D eigenvalue weighted by Gasteiger charge is -2.07. The van der Waals surface area contributed by atoms with E-state index in [1.165, 1.54) is 0 Å². The number of halogens is 1. The van der Waals surface area contributed by atoms with Crippen LogP contribution in [0, 0.1) is 20.8 Å². The molecule has 0 bridgehead atoms. The summed E-state index contributed by atoms with van der Waals surface area (Å²) in [6.45, 7) is 9.98. The molecular formula is C23H26ClN7O. The fourth-order valence-electron chi connectivity index (χ4n) is 3.62. The third kappa shape index (κ3) is 4.45. The molecule has 0 aliphatic carbocycles. The number of nitrogens with zero attached hydrogens (tertiary/aromatic N) is 6. The van der Waals surface area contributed by atoms with Gasteiger partial charge in [0.15, 0.2) is 0 Å². The van der Waals surface area contributed by atoms with Gasteiger partial charge >= 0.3 is 0 Å². The highest BCUT2D eigenvalue weighted by molar-refractivity contribution is 6.31. The van der Waals surface area contributed by atoms with Gasteiger partial charge in [0.2, 0.25) is 0 Å². The van der Waals surface area contributed by atoms with Gasteiger partial charge in [-0.15, -0.1) is 0 Å². The SMILES string of the molecule is CCn1ncc(Cn2cc(NC(=O)c3ccc(Cn4nc(C)c(Cl)c4C)cc3)cn2)c1C. The molecule has 0 spiro atoms. The third-order valence-electron chi connectivity index (χ3n) is 5.57. The van der Waals surface area contributed by atoms with Crippen LogP contribution >= 0.6 is 11.6 Å². The highest BCUT2D eigenvalue weighted by Crippen LogP contribution is 2.20. The standard InChI is InChI=1S/C23H26ClN7O/c1-5-30-16(3)20(10-26-30)13-29-14-21(11-25-29)27-23(32)19-8-6-18(7-9-19)12-31-17(4)22(24)15(2)28-31/h6-11,14H,5,12-13H2,1-4H3,(H,27,32). The molecule has 3 aromatic heterocycles. The monoisotopic (exact) mass is 451 g/mol. The summed E-state index contributed by atoms with van der Waals surface area (Å²) in [5, 5.41) is 16.8. The lowest BCUT2D eigenvalue weighted by molar-refractivity contribution is 0.102. The van der Waals surface area contributed by atoms with E-state index in [1.54, 1.807) is 10.9 Å². The van der Waals surface area contributed by atoms with Gasteiger partial charge < -0.3 is 5.32 Å². The van der Waals surface area contributed by atoms with E-state index in [0.29, 0.717) is 29.4 Å². The number of anilines is 1. The zero-order chi connectivity index (χ0) is 22.8. The van der Waals surface area contributed by atoms with Crippen LogP contribution in [0.5, 0.6) is 0 Å². The van der Waals surface area contributed by atoms with Crippen LogP contribution in [0.2, 0.25) is 5.02 Å². The first-order chi connectivity index (χ1) is 15.4. The van der Waals surface area contributed by atoms with Gasteiger partial charge in [0.05, 0.1) is 47.6 Å². The number of nitrogens with one attached hydrogen (secondary N) is 1. The fraction of sp³-hybridized carbons (Fsp3) is 0.304. The van der Waals surface area contributed by atoms with E-state index in [2.05, 4.69) is 27.5 Å². The summed E-state index contributed by atoms with van der Waals surface area (Å²) in [4.78, 5) is 12.7. The van der Waals surface area contributed by atoms with Crippen molar-refractivity contribution in [2.24, 2.45) is 0 Å². The van der Waals surface area contributed by atoms with Crippen molar-refractivity contribution < 1.29 is 4.79 Å². The molecule has 1 aromatic carbocycles. The Bertz CT molecular complexity index is 1250. The molecule has 4 aromatic rings. The second kappa shape index (κ2) is 9.00. The van der Waals surface area contributed by atoms with Gasteiger partial charge in [0, 0.05) is 29.6 Å². The Kier molecular flexibility index (Phi) is 6.14. The maximum atomic E-state index is 12.7. The molecule has 166 valence electrons. The molecule has 8 nitrogen and oxygen atoms in total. The summed E-state index contributed by atoms with van der Waals surface area (Å²) in [6, 6.07) is 7.48. The highest BCUT2D eigenvalue weighted by atomic mass is 35.5. The van der Waals surface area contributed by atoms with Gasteiger partial charge in [-0.05, 0) is 45.4 Å². The van der Waals surface area contributed by atoms with Crippen molar-refractivity contribution in [2.45, 2.75) is 47.3 Å². The second-order valence-corrected chi connectivity index (χ2v) is 8.17. The molecule has 9 heteroatoms. The predicted octanol–water partition coefficient (Wildman–Crippen LogP) is 4.22. The van der Waals surface area contributed by atoms with Crippen molar-refractivity contribution in [1.29, 1.82) is 0 Å². The largest absolute Gasteiger partial charge is 0.319 e. The third-order valence-corrected chi connectivity index (χ3v) is 6.12. The zero-order valence-corrected chi connectivity index (χ0v) is 19.4. The molecular weight excluding hydrogens is 426 g/mol. The van der Waals surface area contributed by atoms with E-state index >= 15 is 0 Å². The van der Waals surface area contributed by atoms with Crippen LogP contribution in [-0.2, 0) is 19.6 Å². The van der Waals surface area contributed by atoms with Crippen molar-refractivity contribution in [3.05, 3.63) is 81.7 Å². The Morgan fingerprint density at radius 1 is 1.00 bits per heavy atom. The minimum atomic E-state index is -0.180. The maximum Gasteiger partial charge on any atom is 0.255 e. The number of aryl methyl sites for hydroxylation is 2. The molecule has 0 radical (unpaired) electrons. The Balaban J connectivity index is 1.38. The molecule has 1 N–H and O–H groups in total. The average Bonchev–Trinajstić information content (AvgIpc) is 3.44. The van der Waals surface area contributed by atoms with Crippen LogP contribution in [0.15, 0.2) is 42.9 Å². The minimum absolute atomic E-state index is 0.180. The van der Waals surface area contributed by atoms with Crippen molar-refractivity contribution >= 4 is 23.2 Å². The van der Waals surface area contributed by atoms with Crippen LogP contribution in [0.1, 0.15) is 45.5 Å². The van der Waals surface area contributed by atoms with Crippen LogP contribution in [-0.4, -0.2) is 35.2 Å². The quantitative estimate of drug-likeness (QED) is 0.456. The average molecular weight is 452 g/mol. The van der Waals surface area contributed by atoms with Gasteiger partial charge in [0.1, 0.15) is 0 Å². The summed E-state index contributed by atoms with van der Waals surface area (Å²) in [5.41, 5.74) is 6.24. The molecule has 1 amide bonds. The Labute approximate surface area is 191 Å². The highest BCUT2D eigenvalue weighted by Gasteiger charge is 2.12. The summed E-state index contributed by atoms with van der Waals surface area (Å²) in [7, 11) is 0. The predicted molar refractivity (Wildman–Crippen MR) is 124 cm³/mol. The second-order valence-electron chi connectivity index (χ2n) is 7.79. The topological polar surface area (TPSA) is 82.6 Å². The van der Waals surface area contributed by atoms with Gasteiger partial charge in [-0.3, -0.25) is 18.8 Å². The fourth-order valence-corrected chi connectivity index (χ4v) is 3.75. The lowest BCUT2D eigenvalue weighted by atomic mass is 10.1. The molecule has 4 rings (SSSR count). The van der Waals surface area contributed by atoms with Crippen molar-refractivity contribution in [3.8, 4) is 0 Å². The number of carbonyl (C=O) groups excluding carboxylic acids is 1. The number of hydrogen-bond donors (Lipinski definition) is 1. The summed E-state index contributed by atoms with van der Waals surface area (Å²) in [5.74, 6) is -0.180. The number of rotatable bonds is 7. The van der Waals surface area contributed by atoms with Gasteiger partial charge in [-0.2, -0.15) is 15.3 Å². The van der Waals surface area contributed by atoms with E-state index in [-0.39, 0.29) is 5.91 Å². The Morgan fingerprint density at radius 2 is 1.75 bits per heavy atom. The first-order valence-electron chi connectivity index (χ1n) is 10.5. The maximum absolute atomic E-state index is 12.7. The van der Waals surface area contributed by atoms with Crippen LogP contribution < -0.4 is 5.32 Å². The van der Waals surface area contributed by atoms with E-state index in [9.17, 15) is 4.79 Å². The van der Waals surface area contributed by atoms with E-state index < -0.39 is 0 Å². The van der Waals surface area contributed by atoms with Gasteiger partial charge in [-0.1, -0.05) is 23.7 Å². The first kappa shape index (κ1) is 21.8. The van der Waals surface area contributed by atoms with Crippen LogP contribution in [0.25, 0.3) is 0 Å². The van der Waals surface area contributed by atoms with E-state index in [0.717, 1.165) is 34.8 Å². The zero-order valence-electron chi connectivity index (χ0n) is 18.6. The number of carbonyl (C=O) groups is 1. The lowest BCUT2D eigenvalue weighted by Crippen LogP contribution is -2.12. The van der Waals surface area contributed by atoms with Crippen molar-refractivity contribution in [3.63, 3.8) is 0 Å². The van der Waals surface area contributed by atoms with Crippen LogP contribution in [0.4, 0.5) is 5.69 Å². The molecule has 0 saturated carbocycles. The number of aromatic nitrogens is 6. The summed E-state index contributed by atoms with van der Waals surface area (Å²) < 4.78 is 5.62. The first-order valence-corrected chi connectivity index (χ1v) is 10.9. The smallest absolute Gasteiger partial charge is 0.255 e. The van der Waals surface area contributed by atoms with E-state index in [1.807, 2.05) is 66.8 Å². The summed E-state index contributed by atoms with van der Waals surface area (Å²) in [6.07, 6.45) is 5.33. The Morgan fingerprint density at radius 3 is 2.38 bits per heavy atom. The molecule has 0 unspecified atom stereocenters. The molecule has 3 heterocycles. The molecule has 0 fully saturated rings. The number of benzene rings is 1. The molecule has 0 atom stereocenters. The van der Waals surface area contributed by atoms with E-state index in [4.69, 9.17) is 11.6 Å². The Hall–Kier alpha value is -3.39. The number of hydrogen-bond acceptors (Lipinski definition) is 4. The summed E-state index contributed by atoms with van der Waals surface area (Å²) >= 11 is 6.22. The normalized spacial score (nSPS) is 11.2. The van der Waals surface area contributed by atoms with Gasteiger partial charge in [0.25, 0.3) is 5.91 Å². The molecule has 0 aliphatic heterocycles. The molecule has 0 saturated heterocycles. The van der Waals surface area contributed by atoms with Gasteiger partial charge in [-0.25, -0.2) is 0 Å². The number of amides is 1.